The molecule has 1 heterocycles. The van der Waals surface area contributed by atoms with Crippen molar-refractivity contribution in [1.29, 1.82) is 0 Å². The van der Waals surface area contributed by atoms with Gasteiger partial charge in [0.1, 0.15) is 6.04 Å². The van der Waals surface area contributed by atoms with Gasteiger partial charge in [-0.05, 0) is 27.6 Å². The lowest BCUT2D eigenvalue weighted by molar-refractivity contribution is 0.120. The second-order valence-electron chi connectivity index (χ2n) is 5.91. The van der Waals surface area contributed by atoms with Crippen molar-refractivity contribution in [1.82, 2.24) is 0 Å². The SMILES string of the molecule is COC[C@@H]1N=C(c2cc(OC)c(OC)c(OC)c2Br)O[C@H]1c1ccccc1. The average molecular weight is 436 g/mol. The highest BCUT2D eigenvalue weighted by Crippen LogP contribution is 2.46. The standard InChI is InChI=1S/C20H22BrNO5/c1-23-11-14-17(12-8-6-5-7-9-12)27-20(22-14)13-10-15(24-2)18(25-3)19(26-4)16(13)21/h5-10,14,17H,11H2,1-4H3/t14-,17-/m0/s1. The molecule has 0 fully saturated rings. The topological polar surface area (TPSA) is 58.5 Å². The minimum atomic E-state index is -0.229. The number of methoxy groups -OCH3 is 4. The fraction of sp³-hybridized carbons (Fsp3) is 0.350. The predicted molar refractivity (Wildman–Crippen MR) is 106 cm³/mol. The zero-order chi connectivity index (χ0) is 19.4. The van der Waals surface area contributed by atoms with Crippen LogP contribution in [0.3, 0.4) is 0 Å². The van der Waals surface area contributed by atoms with Crippen molar-refractivity contribution in [2.75, 3.05) is 35.0 Å². The van der Waals surface area contributed by atoms with E-state index in [0.29, 0.717) is 34.2 Å². The number of rotatable bonds is 7. The summed E-state index contributed by atoms with van der Waals surface area (Å²) in [6.45, 7) is 0.450. The first-order valence-electron chi connectivity index (χ1n) is 8.41. The second-order valence-corrected chi connectivity index (χ2v) is 6.71. The van der Waals surface area contributed by atoms with E-state index in [1.807, 2.05) is 36.4 Å². The van der Waals surface area contributed by atoms with Crippen molar-refractivity contribution < 1.29 is 23.7 Å². The van der Waals surface area contributed by atoms with Gasteiger partial charge in [-0.1, -0.05) is 30.3 Å². The van der Waals surface area contributed by atoms with Gasteiger partial charge in [0, 0.05) is 7.11 Å². The van der Waals surface area contributed by atoms with Crippen LogP contribution in [0, 0.1) is 0 Å². The summed E-state index contributed by atoms with van der Waals surface area (Å²) in [5.74, 6) is 2.05. The van der Waals surface area contributed by atoms with Gasteiger partial charge < -0.3 is 23.7 Å². The molecule has 0 saturated heterocycles. The van der Waals surface area contributed by atoms with Gasteiger partial charge in [-0.25, -0.2) is 4.99 Å². The van der Waals surface area contributed by atoms with E-state index in [1.165, 1.54) is 0 Å². The van der Waals surface area contributed by atoms with Crippen LogP contribution in [0.5, 0.6) is 17.2 Å². The molecule has 0 aliphatic carbocycles. The lowest BCUT2D eigenvalue weighted by Crippen LogP contribution is -2.19. The molecular weight excluding hydrogens is 414 g/mol. The van der Waals surface area contributed by atoms with Gasteiger partial charge in [0.25, 0.3) is 0 Å². The van der Waals surface area contributed by atoms with Crippen molar-refractivity contribution in [3.8, 4) is 17.2 Å². The van der Waals surface area contributed by atoms with Crippen LogP contribution in [0.2, 0.25) is 0 Å². The minimum absolute atomic E-state index is 0.154. The van der Waals surface area contributed by atoms with Gasteiger partial charge in [-0.15, -0.1) is 0 Å². The van der Waals surface area contributed by atoms with Crippen LogP contribution in [0.1, 0.15) is 17.2 Å². The minimum Gasteiger partial charge on any atom is -0.493 e. The highest BCUT2D eigenvalue weighted by Gasteiger charge is 2.35. The predicted octanol–water partition coefficient (Wildman–Crippen LogP) is 4.01. The van der Waals surface area contributed by atoms with E-state index in [-0.39, 0.29) is 12.1 Å². The Labute approximate surface area is 167 Å². The molecule has 144 valence electrons. The Bertz CT molecular complexity index is 825. The maximum Gasteiger partial charge on any atom is 0.218 e. The van der Waals surface area contributed by atoms with Gasteiger partial charge in [0.2, 0.25) is 11.6 Å². The molecule has 2 aromatic rings. The molecule has 0 bridgehead atoms. The summed E-state index contributed by atoms with van der Waals surface area (Å²) in [6, 6.07) is 11.7. The Hall–Kier alpha value is -2.25. The summed E-state index contributed by atoms with van der Waals surface area (Å²) in [7, 11) is 6.37. The maximum absolute atomic E-state index is 6.24. The lowest BCUT2D eigenvalue weighted by atomic mass is 10.0. The number of halogens is 1. The monoisotopic (exact) mass is 435 g/mol. The molecule has 0 N–H and O–H groups in total. The Balaban J connectivity index is 2.04. The van der Waals surface area contributed by atoms with Gasteiger partial charge in [0.05, 0.1) is 38.0 Å². The first-order valence-corrected chi connectivity index (χ1v) is 9.21. The highest BCUT2D eigenvalue weighted by molar-refractivity contribution is 9.10. The van der Waals surface area contributed by atoms with Gasteiger partial charge in [-0.2, -0.15) is 0 Å². The third kappa shape index (κ3) is 3.75. The van der Waals surface area contributed by atoms with Crippen LogP contribution < -0.4 is 14.2 Å². The normalized spacial score (nSPS) is 18.6. The lowest BCUT2D eigenvalue weighted by Gasteiger charge is -2.19. The van der Waals surface area contributed by atoms with Crippen LogP contribution >= 0.6 is 15.9 Å². The molecule has 7 heteroatoms. The van der Waals surface area contributed by atoms with Crippen molar-refractivity contribution in [3.63, 3.8) is 0 Å². The fourth-order valence-electron chi connectivity index (χ4n) is 3.09. The van der Waals surface area contributed by atoms with E-state index in [9.17, 15) is 0 Å². The number of nitrogens with zero attached hydrogens (tertiary/aromatic N) is 1. The Morgan fingerprint density at radius 1 is 1.00 bits per heavy atom. The maximum atomic E-state index is 6.24. The molecular formula is C20H22BrNO5. The summed E-state index contributed by atoms with van der Waals surface area (Å²) in [5.41, 5.74) is 1.77. The smallest absolute Gasteiger partial charge is 0.218 e. The quantitative estimate of drug-likeness (QED) is 0.657. The van der Waals surface area contributed by atoms with Crippen molar-refractivity contribution in [3.05, 3.63) is 52.0 Å². The molecule has 1 aliphatic rings. The molecule has 27 heavy (non-hydrogen) atoms. The number of hydrogen-bond donors (Lipinski definition) is 0. The van der Waals surface area contributed by atoms with E-state index in [0.717, 1.165) is 11.1 Å². The molecule has 0 radical (unpaired) electrons. The summed E-state index contributed by atoms with van der Waals surface area (Å²) >= 11 is 3.59. The van der Waals surface area contributed by atoms with Crippen molar-refractivity contribution in [2.45, 2.75) is 12.1 Å². The van der Waals surface area contributed by atoms with Crippen LogP contribution in [0.25, 0.3) is 0 Å². The Kier molecular flexibility index (Phi) is 6.23. The molecule has 6 nitrogen and oxygen atoms in total. The van der Waals surface area contributed by atoms with Crippen molar-refractivity contribution in [2.24, 2.45) is 4.99 Å². The highest BCUT2D eigenvalue weighted by atomic mass is 79.9. The van der Waals surface area contributed by atoms with Crippen LogP contribution in [-0.2, 0) is 9.47 Å². The summed E-state index contributed by atoms with van der Waals surface area (Å²) in [4.78, 5) is 4.76. The molecule has 0 spiro atoms. The van der Waals surface area contributed by atoms with Crippen LogP contribution in [0.15, 0.2) is 45.9 Å². The van der Waals surface area contributed by atoms with Crippen molar-refractivity contribution >= 4 is 21.8 Å². The van der Waals surface area contributed by atoms with E-state index in [4.69, 9.17) is 28.7 Å². The van der Waals surface area contributed by atoms with Crippen LogP contribution in [-0.4, -0.2) is 47.0 Å². The number of benzene rings is 2. The summed E-state index contributed by atoms with van der Waals surface area (Å²) in [5, 5.41) is 0. The average Bonchev–Trinajstić information content (AvgIpc) is 3.12. The number of aliphatic imine (C=N–C) groups is 1. The second kappa shape index (κ2) is 8.63. The first-order chi connectivity index (χ1) is 13.1. The molecule has 0 aromatic heterocycles. The third-order valence-corrected chi connectivity index (χ3v) is 5.12. The first kappa shape index (κ1) is 19.5. The third-order valence-electron chi connectivity index (χ3n) is 4.34. The van der Waals surface area contributed by atoms with Gasteiger partial charge >= 0.3 is 0 Å². The molecule has 0 amide bonds. The van der Waals surface area contributed by atoms with E-state index >= 15 is 0 Å². The molecule has 2 aromatic carbocycles. The fourth-order valence-corrected chi connectivity index (χ4v) is 3.71. The molecule has 1 aliphatic heterocycles. The zero-order valence-corrected chi connectivity index (χ0v) is 17.3. The number of ether oxygens (including phenoxy) is 5. The van der Waals surface area contributed by atoms with E-state index in [2.05, 4.69) is 15.9 Å². The number of hydrogen-bond acceptors (Lipinski definition) is 6. The Morgan fingerprint density at radius 2 is 1.70 bits per heavy atom. The molecule has 0 saturated carbocycles. The van der Waals surface area contributed by atoms with E-state index < -0.39 is 0 Å². The zero-order valence-electron chi connectivity index (χ0n) is 15.7. The van der Waals surface area contributed by atoms with Crippen LogP contribution in [0.4, 0.5) is 0 Å². The Morgan fingerprint density at radius 3 is 2.30 bits per heavy atom. The van der Waals surface area contributed by atoms with Gasteiger partial charge in [-0.3, -0.25) is 0 Å². The molecule has 3 rings (SSSR count). The van der Waals surface area contributed by atoms with E-state index in [1.54, 1.807) is 28.4 Å². The van der Waals surface area contributed by atoms with Gasteiger partial charge in [0.15, 0.2) is 17.6 Å². The molecule has 0 unspecified atom stereocenters. The largest absolute Gasteiger partial charge is 0.493 e. The summed E-state index contributed by atoms with van der Waals surface area (Å²) in [6.07, 6.45) is -0.229. The summed E-state index contributed by atoms with van der Waals surface area (Å²) < 4.78 is 28.7. The molecule has 2 atom stereocenters.